The highest BCUT2D eigenvalue weighted by Crippen LogP contribution is 2.21. The summed E-state index contributed by atoms with van der Waals surface area (Å²) in [6.07, 6.45) is 0. The van der Waals surface area contributed by atoms with Gasteiger partial charge < -0.3 is 5.32 Å². The van der Waals surface area contributed by atoms with E-state index in [1.165, 1.54) is 6.07 Å². The maximum absolute atomic E-state index is 13.3. The molecular weight excluding hydrogens is 352 g/mol. The van der Waals surface area contributed by atoms with Crippen molar-refractivity contribution in [3.05, 3.63) is 62.4 Å². The highest BCUT2D eigenvalue weighted by Gasteiger charge is 2.04. The Hall–Kier alpha value is -0.810. The minimum Gasteiger partial charge on any atom is -0.380 e. The molecule has 1 nitrogen and oxygen atoms in total. The van der Waals surface area contributed by atoms with Crippen molar-refractivity contribution < 1.29 is 4.39 Å². The van der Waals surface area contributed by atoms with Crippen LogP contribution < -0.4 is 5.32 Å². The van der Waals surface area contributed by atoms with Crippen LogP contribution in [0.3, 0.4) is 0 Å². The van der Waals surface area contributed by atoms with Crippen LogP contribution in [0.25, 0.3) is 0 Å². The van der Waals surface area contributed by atoms with E-state index >= 15 is 0 Å². The standard InChI is InChI=1S/C13H10ClFIN/c14-10-6-4-9(5-7-10)8-17-12-3-1-2-11(15)13(12)16/h1-7,17H,8H2. The average Bonchev–Trinajstić information content (AvgIpc) is 2.33. The highest BCUT2D eigenvalue weighted by atomic mass is 127. The lowest BCUT2D eigenvalue weighted by molar-refractivity contribution is 0.621. The number of halogens is 3. The van der Waals surface area contributed by atoms with Crippen LogP contribution in [0.5, 0.6) is 0 Å². The Morgan fingerprint density at radius 2 is 1.82 bits per heavy atom. The molecule has 0 aliphatic rings. The molecule has 0 aromatic heterocycles. The largest absolute Gasteiger partial charge is 0.380 e. The van der Waals surface area contributed by atoms with E-state index in [0.717, 1.165) is 11.3 Å². The van der Waals surface area contributed by atoms with Gasteiger partial charge in [0.05, 0.1) is 9.26 Å². The zero-order chi connectivity index (χ0) is 12.3. The Kier molecular flexibility index (Phi) is 4.23. The van der Waals surface area contributed by atoms with Gasteiger partial charge in [-0.1, -0.05) is 29.8 Å². The van der Waals surface area contributed by atoms with Gasteiger partial charge in [-0.2, -0.15) is 0 Å². The maximum atomic E-state index is 13.3. The summed E-state index contributed by atoms with van der Waals surface area (Å²) in [4.78, 5) is 0. The lowest BCUT2D eigenvalue weighted by atomic mass is 10.2. The summed E-state index contributed by atoms with van der Waals surface area (Å²) in [5.74, 6) is -0.202. The minimum atomic E-state index is -0.202. The van der Waals surface area contributed by atoms with Gasteiger partial charge in [-0.25, -0.2) is 4.39 Å². The molecule has 0 radical (unpaired) electrons. The van der Waals surface area contributed by atoms with Gasteiger partial charge in [0, 0.05) is 11.6 Å². The first-order chi connectivity index (χ1) is 8.16. The molecule has 2 aromatic carbocycles. The van der Waals surface area contributed by atoms with E-state index in [1.807, 2.05) is 52.9 Å². The van der Waals surface area contributed by atoms with Crippen molar-refractivity contribution >= 4 is 39.9 Å². The first kappa shape index (κ1) is 12.6. The van der Waals surface area contributed by atoms with Crippen LogP contribution in [0.1, 0.15) is 5.56 Å². The topological polar surface area (TPSA) is 12.0 Å². The first-order valence-electron chi connectivity index (χ1n) is 5.09. The fourth-order valence-electron chi connectivity index (χ4n) is 1.44. The van der Waals surface area contributed by atoms with Crippen molar-refractivity contribution in [1.29, 1.82) is 0 Å². The maximum Gasteiger partial charge on any atom is 0.138 e. The van der Waals surface area contributed by atoms with Gasteiger partial charge in [0.2, 0.25) is 0 Å². The molecule has 0 aliphatic heterocycles. The van der Waals surface area contributed by atoms with Gasteiger partial charge in [-0.3, -0.25) is 0 Å². The zero-order valence-electron chi connectivity index (χ0n) is 8.88. The van der Waals surface area contributed by atoms with Crippen LogP contribution in [0.4, 0.5) is 10.1 Å². The van der Waals surface area contributed by atoms with E-state index in [9.17, 15) is 4.39 Å². The molecule has 17 heavy (non-hydrogen) atoms. The molecule has 0 spiro atoms. The SMILES string of the molecule is Fc1cccc(NCc2ccc(Cl)cc2)c1I. The fraction of sp³-hybridized carbons (Fsp3) is 0.0769. The zero-order valence-corrected chi connectivity index (χ0v) is 11.8. The second-order valence-electron chi connectivity index (χ2n) is 3.58. The second kappa shape index (κ2) is 5.69. The molecule has 0 fully saturated rings. The number of hydrogen-bond donors (Lipinski definition) is 1. The molecule has 0 unspecified atom stereocenters. The van der Waals surface area contributed by atoms with Crippen molar-refractivity contribution in [2.24, 2.45) is 0 Å². The Morgan fingerprint density at radius 3 is 2.53 bits per heavy atom. The molecule has 0 saturated heterocycles. The Morgan fingerprint density at radius 1 is 1.12 bits per heavy atom. The predicted molar refractivity (Wildman–Crippen MR) is 77.9 cm³/mol. The molecule has 1 N–H and O–H groups in total. The van der Waals surface area contributed by atoms with Crippen molar-refractivity contribution in [3.63, 3.8) is 0 Å². The van der Waals surface area contributed by atoms with Crippen LogP contribution in [0.2, 0.25) is 5.02 Å². The lowest BCUT2D eigenvalue weighted by Crippen LogP contribution is -2.01. The molecular formula is C13H10ClFIN. The quantitative estimate of drug-likeness (QED) is 0.782. The van der Waals surface area contributed by atoms with Gasteiger partial charge in [0.1, 0.15) is 5.82 Å². The third-order valence-corrected chi connectivity index (χ3v) is 3.70. The van der Waals surface area contributed by atoms with Gasteiger partial charge in [-0.15, -0.1) is 0 Å². The fourth-order valence-corrected chi connectivity index (χ4v) is 2.12. The smallest absolute Gasteiger partial charge is 0.138 e. The Balaban J connectivity index is 2.07. The molecule has 0 atom stereocenters. The minimum absolute atomic E-state index is 0.202. The molecule has 88 valence electrons. The van der Waals surface area contributed by atoms with Crippen molar-refractivity contribution in [3.8, 4) is 0 Å². The third-order valence-electron chi connectivity index (χ3n) is 2.35. The van der Waals surface area contributed by atoms with Gasteiger partial charge >= 0.3 is 0 Å². The van der Waals surface area contributed by atoms with E-state index in [-0.39, 0.29) is 5.82 Å². The Labute approximate surface area is 118 Å². The van der Waals surface area contributed by atoms with Gasteiger partial charge in [0.25, 0.3) is 0 Å². The predicted octanol–water partition coefficient (Wildman–Crippen LogP) is 4.70. The van der Waals surface area contributed by atoms with E-state index < -0.39 is 0 Å². The molecule has 2 aromatic rings. The van der Waals surface area contributed by atoms with Crippen LogP contribution in [-0.2, 0) is 6.54 Å². The average molecular weight is 362 g/mol. The molecule has 0 amide bonds. The lowest BCUT2D eigenvalue weighted by Gasteiger charge is -2.09. The molecule has 4 heteroatoms. The molecule has 0 saturated carbocycles. The number of benzene rings is 2. The normalized spacial score (nSPS) is 10.3. The van der Waals surface area contributed by atoms with E-state index in [0.29, 0.717) is 15.1 Å². The van der Waals surface area contributed by atoms with Crippen LogP contribution in [0, 0.1) is 9.39 Å². The Bertz CT molecular complexity index is 513. The molecule has 2 rings (SSSR count). The number of nitrogens with one attached hydrogen (secondary N) is 1. The number of rotatable bonds is 3. The van der Waals surface area contributed by atoms with E-state index in [4.69, 9.17) is 11.6 Å². The summed E-state index contributed by atoms with van der Waals surface area (Å²) in [5.41, 5.74) is 1.91. The number of anilines is 1. The van der Waals surface area contributed by atoms with E-state index in [1.54, 1.807) is 6.07 Å². The van der Waals surface area contributed by atoms with Crippen LogP contribution >= 0.6 is 34.2 Å². The second-order valence-corrected chi connectivity index (χ2v) is 5.10. The van der Waals surface area contributed by atoms with Crippen molar-refractivity contribution in [1.82, 2.24) is 0 Å². The van der Waals surface area contributed by atoms with Crippen molar-refractivity contribution in [2.45, 2.75) is 6.54 Å². The summed E-state index contributed by atoms with van der Waals surface area (Å²) >= 11 is 7.80. The summed E-state index contributed by atoms with van der Waals surface area (Å²) in [5, 5.41) is 3.92. The first-order valence-corrected chi connectivity index (χ1v) is 6.55. The summed E-state index contributed by atoms with van der Waals surface area (Å²) in [6, 6.07) is 12.6. The molecule has 0 heterocycles. The highest BCUT2D eigenvalue weighted by molar-refractivity contribution is 14.1. The summed E-state index contributed by atoms with van der Waals surface area (Å²) < 4.78 is 13.9. The third kappa shape index (κ3) is 3.33. The summed E-state index contributed by atoms with van der Waals surface area (Å²) in [6.45, 7) is 0.649. The van der Waals surface area contributed by atoms with Gasteiger partial charge in [-0.05, 0) is 52.4 Å². The van der Waals surface area contributed by atoms with Gasteiger partial charge in [0.15, 0.2) is 0 Å². The monoisotopic (exact) mass is 361 g/mol. The summed E-state index contributed by atoms with van der Waals surface area (Å²) in [7, 11) is 0. The van der Waals surface area contributed by atoms with Crippen LogP contribution in [-0.4, -0.2) is 0 Å². The van der Waals surface area contributed by atoms with Crippen molar-refractivity contribution in [2.75, 3.05) is 5.32 Å². The van der Waals surface area contributed by atoms with E-state index in [2.05, 4.69) is 5.32 Å². The molecule has 0 bridgehead atoms. The molecule has 0 aliphatic carbocycles. The van der Waals surface area contributed by atoms with Crippen LogP contribution in [0.15, 0.2) is 42.5 Å². The number of hydrogen-bond acceptors (Lipinski definition) is 1.